The average Bonchev–Trinajstić information content (AvgIpc) is 2.36. The highest BCUT2D eigenvalue weighted by Gasteiger charge is 2.32. The summed E-state index contributed by atoms with van der Waals surface area (Å²) in [7, 11) is 0. The van der Waals surface area contributed by atoms with Crippen molar-refractivity contribution in [2.75, 3.05) is 13.2 Å². The molecule has 0 heterocycles. The average molecular weight is 256 g/mol. The van der Waals surface area contributed by atoms with Crippen LogP contribution in [0.5, 0.6) is 0 Å². The first-order chi connectivity index (χ1) is 8.29. The van der Waals surface area contributed by atoms with Gasteiger partial charge in [-0.25, -0.2) is 0 Å². The highest BCUT2D eigenvalue weighted by Crippen LogP contribution is 2.40. The van der Waals surface area contributed by atoms with E-state index >= 15 is 0 Å². The van der Waals surface area contributed by atoms with Crippen molar-refractivity contribution in [3.05, 3.63) is 0 Å². The fourth-order valence-electron chi connectivity index (χ4n) is 3.41. The van der Waals surface area contributed by atoms with E-state index in [2.05, 4.69) is 10.6 Å². The van der Waals surface area contributed by atoms with E-state index in [0.717, 1.165) is 11.8 Å². The van der Waals surface area contributed by atoms with Crippen molar-refractivity contribution >= 4 is 17.3 Å². The molecule has 0 aliphatic heterocycles. The van der Waals surface area contributed by atoms with Crippen LogP contribution in [0.3, 0.4) is 0 Å². The van der Waals surface area contributed by atoms with Gasteiger partial charge in [-0.3, -0.25) is 0 Å². The van der Waals surface area contributed by atoms with Crippen LogP contribution in [0.25, 0.3) is 0 Å². The first-order valence-electron chi connectivity index (χ1n) is 6.95. The van der Waals surface area contributed by atoms with Gasteiger partial charge in [-0.05, 0) is 43.3 Å². The van der Waals surface area contributed by atoms with E-state index < -0.39 is 0 Å². The molecule has 3 unspecified atom stereocenters. The summed E-state index contributed by atoms with van der Waals surface area (Å²) in [4.78, 5) is 0. The van der Waals surface area contributed by atoms with E-state index in [9.17, 15) is 0 Å². The molecule has 2 aliphatic carbocycles. The van der Waals surface area contributed by atoms with E-state index in [1.54, 1.807) is 0 Å². The molecule has 17 heavy (non-hydrogen) atoms. The smallest absolute Gasteiger partial charge is 0.166 e. The summed E-state index contributed by atoms with van der Waals surface area (Å²) in [6.07, 6.45) is 9.62. The molecule has 0 radical (unpaired) electrons. The fraction of sp³-hybridized carbons (Fsp3) is 0.923. The second-order valence-corrected chi connectivity index (χ2v) is 5.85. The fourth-order valence-corrected chi connectivity index (χ4v) is 3.68. The second-order valence-electron chi connectivity index (χ2n) is 5.44. The molecule has 2 saturated carbocycles. The molecule has 0 aromatic carbocycles. The molecule has 3 nitrogen and oxygen atoms in total. The Morgan fingerprint density at radius 2 is 1.88 bits per heavy atom. The molecule has 0 bridgehead atoms. The van der Waals surface area contributed by atoms with Crippen LogP contribution in [0.1, 0.15) is 44.9 Å². The zero-order chi connectivity index (χ0) is 12.1. The van der Waals surface area contributed by atoms with Crippen molar-refractivity contribution in [3.63, 3.8) is 0 Å². The van der Waals surface area contributed by atoms with Gasteiger partial charge in [0.1, 0.15) is 0 Å². The summed E-state index contributed by atoms with van der Waals surface area (Å²) in [6.45, 7) is 0.682. The Labute approximate surface area is 109 Å². The van der Waals surface area contributed by atoms with Gasteiger partial charge < -0.3 is 15.7 Å². The zero-order valence-corrected chi connectivity index (χ0v) is 11.3. The maximum Gasteiger partial charge on any atom is 0.166 e. The lowest BCUT2D eigenvalue weighted by Gasteiger charge is -2.39. The topological polar surface area (TPSA) is 44.3 Å². The molecule has 0 spiro atoms. The van der Waals surface area contributed by atoms with Gasteiger partial charge in [-0.15, -0.1) is 0 Å². The number of nitrogens with one attached hydrogen (secondary N) is 2. The third-order valence-electron chi connectivity index (χ3n) is 4.27. The summed E-state index contributed by atoms with van der Waals surface area (Å²) < 4.78 is 0. The van der Waals surface area contributed by atoms with E-state index in [4.69, 9.17) is 17.3 Å². The van der Waals surface area contributed by atoms with Gasteiger partial charge in [0.25, 0.3) is 0 Å². The summed E-state index contributed by atoms with van der Waals surface area (Å²) in [5.74, 6) is 1.91. The Kier molecular flexibility index (Phi) is 5.04. The number of aliphatic hydroxyl groups is 1. The van der Waals surface area contributed by atoms with E-state index in [1.165, 1.54) is 44.9 Å². The Balaban J connectivity index is 1.73. The van der Waals surface area contributed by atoms with Crippen molar-refractivity contribution in [3.8, 4) is 0 Å². The van der Waals surface area contributed by atoms with Crippen LogP contribution < -0.4 is 10.6 Å². The lowest BCUT2D eigenvalue weighted by atomic mass is 9.69. The normalized spacial score (nSPS) is 32.6. The van der Waals surface area contributed by atoms with Crippen LogP contribution in [0.4, 0.5) is 0 Å². The van der Waals surface area contributed by atoms with Gasteiger partial charge in [-0.2, -0.15) is 0 Å². The lowest BCUT2D eigenvalue weighted by molar-refractivity contribution is 0.150. The van der Waals surface area contributed by atoms with Gasteiger partial charge >= 0.3 is 0 Å². The standard InChI is InChI=1S/C13H24N2OS/c16-8-7-14-13(17)15-12-6-5-10-3-1-2-4-11(10)9-12/h10-12,16H,1-9H2,(H2,14,15,17). The number of fused-ring (bicyclic) bond motifs is 1. The predicted molar refractivity (Wildman–Crippen MR) is 73.9 cm³/mol. The molecular weight excluding hydrogens is 232 g/mol. The first kappa shape index (κ1) is 13.1. The van der Waals surface area contributed by atoms with E-state index in [-0.39, 0.29) is 6.61 Å². The zero-order valence-electron chi connectivity index (χ0n) is 10.5. The van der Waals surface area contributed by atoms with E-state index in [1.807, 2.05) is 0 Å². The molecule has 98 valence electrons. The number of thiocarbonyl (C=S) groups is 1. The molecule has 4 heteroatoms. The Hall–Kier alpha value is -0.350. The Morgan fingerprint density at radius 3 is 2.65 bits per heavy atom. The summed E-state index contributed by atoms with van der Waals surface area (Å²) in [6, 6.07) is 0.549. The molecule has 0 aromatic heterocycles. The second kappa shape index (κ2) is 6.55. The SMILES string of the molecule is OCCNC(=S)NC1CCC2CCCCC2C1. The lowest BCUT2D eigenvalue weighted by Crippen LogP contribution is -2.46. The van der Waals surface area contributed by atoms with Gasteiger partial charge in [0.05, 0.1) is 6.61 Å². The van der Waals surface area contributed by atoms with Gasteiger partial charge in [0.2, 0.25) is 0 Å². The maximum atomic E-state index is 8.73. The number of rotatable bonds is 3. The van der Waals surface area contributed by atoms with Gasteiger partial charge in [-0.1, -0.05) is 25.7 Å². The largest absolute Gasteiger partial charge is 0.395 e. The minimum Gasteiger partial charge on any atom is -0.395 e. The highest BCUT2D eigenvalue weighted by molar-refractivity contribution is 7.80. The van der Waals surface area contributed by atoms with Crippen molar-refractivity contribution < 1.29 is 5.11 Å². The van der Waals surface area contributed by atoms with Crippen molar-refractivity contribution in [2.45, 2.75) is 51.0 Å². The number of aliphatic hydroxyl groups excluding tert-OH is 1. The third kappa shape index (κ3) is 3.81. The highest BCUT2D eigenvalue weighted by atomic mass is 32.1. The molecule has 2 aliphatic rings. The van der Waals surface area contributed by atoms with Crippen LogP contribution in [0.15, 0.2) is 0 Å². The minimum atomic E-state index is 0.136. The Bertz CT molecular complexity index is 260. The van der Waals surface area contributed by atoms with Crippen LogP contribution >= 0.6 is 12.2 Å². The van der Waals surface area contributed by atoms with E-state index in [0.29, 0.717) is 17.7 Å². The van der Waals surface area contributed by atoms with Gasteiger partial charge in [0, 0.05) is 12.6 Å². The first-order valence-corrected chi connectivity index (χ1v) is 7.35. The minimum absolute atomic E-state index is 0.136. The maximum absolute atomic E-state index is 8.73. The monoisotopic (exact) mass is 256 g/mol. The molecule has 3 N–H and O–H groups in total. The van der Waals surface area contributed by atoms with Crippen LogP contribution in [0.2, 0.25) is 0 Å². The van der Waals surface area contributed by atoms with Crippen molar-refractivity contribution in [1.82, 2.24) is 10.6 Å². The van der Waals surface area contributed by atoms with Crippen molar-refractivity contribution in [2.24, 2.45) is 11.8 Å². The molecule has 0 saturated heterocycles. The molecule has 0 amide bonds. The van der Waals surface area contributed by atoms with Crippen LogP contribution in [-0.4, -0.2) is 29.4 Å². The van der Waals surface area contributed by atoms with Crippen LogP contribution in [-0.2, 0) is 0 Å². The Morgan fingerprint density at radius 1 is 1.12 bits per heavy atom. The molecule has 3 atom stereocenters. The molecule has 0 aromatic rings. The summed E-state index contributed by atoms with van der Waals surface area (Å²) in [5.41, 5.74) is 0. The molecule has 2 fully saturated rings. The number of hydrogen-bond acceptors (Lipinski definition) is 2. The summed E-state index contributed by atoms with van der Waals surface area (Å²) in [5, 5.41) is 15.9. The third-order valence-corrected chi connectivity index (χ3v) is 4.53. The molecular formula is C13H24N2OS. The van der Waals surface area contributed by atoms with Crippen molar-refractivity contribution in [1.29, 1.82) is 0 Å². The van der Waals surface area contributed by atoms with Gasteiger partial charge in [0.15, 0.2) is 5.11 Å². The summed E-state index contributed by atoms with van der Waals surface area (Å²) >= 11 is 5.21. The van der Waals surface area contributed by atoms with Crippen LogP contribution in [0, 0.1) is 11.8 Å². The predicted octanol–water partition coefficient (Wildman–Crippen LogP) is 1.80. The molecule has 2 rings (SSSR count). The quantitative estimate of drug-likeness (QED) is 0.674. The number of hydrogen-bond donors (Lipinski definition) is 3.